The molecule has 1 fully saturated rings. The lowest BCUT2D eigenvalue weighted by molar-refractivity contribution is 0.244. The summed E-state index contributed by atoms with van der Waals surface area (Å²) in [7, 11) is 0. The molecule has 1 saturated carbocycles. The van der Waals surface area contributed by atoms with Gasteiger partial charge in [0.1, 0.15) is 5.82 Å². The molecular formula is C20H26N4O. The smallest absolute Gasteiger partial charge is 0.319 e. The third-order valence-corrected chi connectivity index (χ3v) is 4.70. The minimum absolute atomic E-state index is 0.149. The van der Waals surface area contributed by atoms with Crippen molar-refractivity contribution in [3.8, 4) is 0 Å². The van der Waals surface area contributed by atoms with Gasteiger partial charge in [-0.3, -0.25) is 0 Å². The molecule has 0 spiro atoms. The van der Waals surface area contributed by atoms with Crippen molar-refractivity contribution < 1.29 is 4.79 Å². The van der Waals surface area contributed by atoms with Crippen LogP contribution >= 0.6 is 0 Å². The predicted octanol–water partition coefficient (Wildman–Crippen LogP) is 4.90. The Hall–Kier alpha value is -2.56. The summed E-state index contributed by atoms with van der Waals surface area (Å²) in [4.78, 5) is 16.5. The highest BCUT2D eigenvalue weighted by atomic mass is 16.2. The highest BCUT2D eigenvalue weighted by Gasteiger charge is 2.15. The highest BCUT2D eigenvalue weighted by Crippen LogP contribution is 2.23. The SMILES string of the molecule is Cc1cccc(C)c1Nc1ccc(NC(=O)NC2CCCCC2)cn1. The highest BCUT2D eigenvalue weighted by molar-refractivity contribution is 5.89. The molecule has 1 aromatic carbocycles. The molecule has 2 amide bonds. The molecule has 5 heteroatoms. The first-order chi connectivity index (χ1) is 12.1. The summed E-state index contributed by atoms with van der Waals surface area (Å²) < 4.78 is 0. The van der Waals surface area contributed by atoms with E-state index in [0.717, 1.165) is 24.3 Å². The van der Waals surface area contributed by atoms with Crippen LogP contribution in [0.2, 0.25) is 0 Å². The first-order valence-corrected chi connectivity index (χ1v) is 8.98. The molecule has 0 unspecified atom stereocenters. The van der Waals surface area contributed by atoms with E-state index in [2.05, 4.69) is 46.9 Å². The maximum Gasteiger partial charge on any atom is 0.319 e. The fourth-order valence-electron chi connectivity index (χ4n) is 3.28. The zero-order valence-electron chi connectivity index (χ0n) is 14.9. The number of carbonyl (C=O) groups excluding carboxylic acids is 1. The monoisotopic (exact) mass is 338 g/mol. The van der Waals surface area contributed by atoms with Crippen LogP contribution in [-0.4, -0.2) is 17.1 Å². The Bertz CT molecular complexity index is 701. The van der Waals surface area contributed by atoms with Crippen LogP contribution in [0, 0.1) is 13.8 Å². The molecule has 1 aliphatic rings. The molecule has 5 nitrogen and oxygen atoms in total. The van der Waals surface area contributed by atoms with Gasteiger partial charge in [0.25, 0.3) is 0 Å². The summed E-state index contributed by atoms with van der Waals surface area (Å²) in [5, 5.41) is 9.25. The summed E-state index contributed by atoms with van der Waals surface area (Å²) in [6, 6.07) is 10.1. The van der Waals surface area contributed by atoms with Crippen LogP contribution in [0.25, 0.3) is 0 Å². The number of urea groups is 1. The molecule has 0 bridgehead atoms. The first kappa shape index (κ1) is 17.3. The number of para-hydroxylation sites is 1. The summed E-state index contributed by atoms with van der Waals surface area (Å²) in [6.07, 6.45) is 7.50. The second-order valence-corrected chi connectivity index (χ2v) is 6.76. The van der Waals surface area contributed by atoms with Crippen molar-refractivity contribution in [1.29, 1.82) is 0 Å². The number of aryl methyl sites for hydroxylation is 2. The number of rotatable bonds is 4. The van der Waals surface area contributed by atoms with Crippen LogP contribution in [0.15, 0.2) is 36.5 Å². The lowest BCUT2D eigenvalue weighted by Crippen LogP contribution is -2.39. The lowest BCUT2D eigenvalue weighted by Gasteiger charge is -2.22. The molecule has 0 radical (unpaired) electrons. The van der Waals surface area contributed by atoms with Gasteiger partial charge in [0, 0.05) is 11.7 Å². The number of aromatic nitrogens is 1. The van der Waals surface area contributed by atoms with Crippen molar-refractivity contribution in [1.82, 2.24) is 10.3 Å². The molecule has 3 N–H and O–H groups in total. The van der Waals surface area contributed by atoms with Crippen LogP contribution in [-0.2, 0) is 0 Å². The number of hydrogen-bond donors (Lipinski definition) is 3. The van der Waals surface area contributed by atoms with Gasteiger partial charge >= 0.3 is 6.03 Å². The second kappa shape index (κ2) is 8.01. The number of amides is 2. The van der Waals surface area contributed by atoms with E-state index in [1.807, 2.05) is 18.2 Å². The molecule has 0 atom stereocenters. The van der Waals surface area contributed by atoms with Crippen molar-refractivity contribution in [2.75, 3.05) is 10.6 Å². The van der Waals surface area contributed by atoms with Crippen molar-refractivity contribution in [3.05, 3.63) is 47.7 Å². The van der Waals surface area contributed by atoms with E-state index in [-0.39, 0.29) is 6.03 Å². The number of pyridine rings is 1. The standard InChI is InChI=1S/C20H26N4O/c1-14-7-6-8-15(2)19(14)24-18-12-11-17(13-21-18)23-20(25)22-16-9-4-3-5-10-16/h6-8,11-13,16H,3-5,9-10H2,1-2H3,(H,21,24)(H2,22,23,25). The second-order valence-electron chi connectivity index (χ2n) is 6.76. The van der Waals surface area contributed by atoms with Crippen molar-refractivity contribution >= 4 is 23.2 Å². The summed E-state index contributed by atoms with van der Waals surface area (Å²) in [5.74, 6) is 0.760. The fourth-order valence-corrected chi connectivity index (χ4v) is 3.28. The predicted molar refractivity (Wildman–Crippen MR) is 102 cm³/mol. The number of hydrogen-bond acceptors (Lipinski definition) is 3. The number of carbonyl (C=O) groups is 1. The molecule has 1 aliphatic carbocycles. The minimum atomic E-state index is -0.149. The third kappa shape index (κ3) is 4.72. The molecule has 3 rings (SSSR count). The Morgan fingerprint density at radius 1 is 1.04 bits per heavy atom. The maximum atomic E-state index is 12.1. The van der Waals surface area contributed by atoms with Gasteiger partial charge in [-0.2, -0.15) is 0 Å². The largest absolute Gasteiger partial charge is 0.340 e. The Balaban J connectivity index is 1.57. The van der Waals surface area contributed by atoms with Crippen LogP contribution in [0.3, 0.4) is 0 Å². The van der Waals surface area contributed by atoms with Gasteiger partial charge in [-0.05, 0) is 49.9 Å². The minimum Gasteiger partial charge on any atom is -0.340 e. The van der Waals surface area contributed by atoms with Gasteiger partial charge in [-0.25, -0.2) is 9.78 Å². The first-order valence-electron chi connectivity index (χ1n) is 8.98. The van der Waals surface area contributed by atoms with E-state index in [4.69, 9.17) is 0 Å². The van der Waals surface area contributed by atoms with E-state index in [1.165, 1.54) is 30.4 Å². The number of benzene rings is 1. The van der Waals surface area contributed by atoms with E-state index < -0.39 is 0 Å². The van der Waals surface area contributed by atoms with Gasteiger partial charge < -0.3 is 16.0 Å². The fraction of sp³-hybridized carbons (Fsp3) is 0.400. The topological polar surface area (TPSA) is 66.0 Å². The average molecular weight is 338 g/mol. The number of nitrogens with one attached hydrogen (secondary N) is 3. The van der Waals surface area contributed by atoms with Crippen molar-refractivity contribution in [3.63, 3.8) is 0 Å². The van der Waals surface area contributed by atoms with Gasteiger partial charge in [0.05, 0.1) is 11.9 Å². The van der Waals surface area contributed by atoms with Gasteiger partial charge in [0.15, 0.2) is 0 Å². The Morgan fingerprint density at radius 2 is 1.76 bits per heavy atom. The molecule has 1 aromatic heterocycles. The molecule has 132 valence electrons. The van der Waals surface area contributed by atoms with Crippen LogP contribution in [0.5, 0.6) is 0 Å². The zero-order chi connectivity index (χ0) is 17.6. The molecule has 25 heavy (non-hydrogen) atoms. The molecule has 0 saturated heterocycles. The number of anilines is 3. The van der Waals surface area contributed by atoms with Crippen LogP contribution in [0.1, 0.15) is 43.2 Å². The normalized spacial score (nSPS) is 14.8. The summed E-state index contributed by atoms with van der Waals surface area (Å²) in [6.45, 7) is 4.14. The van der Waals surface area contributed by atoms with Crippen molar-refractivity contribution in [2.24, 2.45) is 0 Å². The quantitative estimate of drug-likeness (QED) is 0.743. The van der Waals surface area contributed by atoms with Crippen molar-refractivity contribution in [2.45, 2.75) is 52.0 Å². The molecule has 0 aliphatic heterocycles. The molecule has 1 heterocycles. The van der Waals surface area contributed by atoms with E-state index in [1.54, 1.807) is 6.20 Å². The lowest BCUT2D eigenvalue weighted by atomic mass is 9.96. The zero-order valence-corrected chi connectivity index (χ0v) is 14.9. The van der Waals surface area contributed by atoms with E-state index >= 15 is 0 Å². The molecule has 2 aromatic rings. The Kier molecular flexibility index (Phi) is 5.53. The van der Waals surface area contributed by atoms with E-state index in [9.17, 15) is 4.79 Å². The van der Waals surface area contributed by atoms with Crippen LogP contribution in [0.4, 0.5) is 22.0 Å². The van der Waals surface area contributed by atoms with Crippen LogP contribution < -0.4 is 16.0 Å². The average Bonchev–Trinajstić information content (AvgIpc) is 2.60. The Morgan fingerprint density at radius 3 is 2.40 bits per heavy atom. The maximum absolute atomic E-state index is 12.1. The van der Waals surface area contributed by atoms with Gasteiger partial charge in [0.2, 0.25) is 0 Å². The summed E-state index contributed by atoms with van der Waals surface area (Å²) in [5.41, 5.74) is 4.12. The summed E-state index contributed by atoms with van der Waals surface area (Å²) >= 11 is 0. The van der Waals surface area contributed by atoms with Gasteiger partial charge in [-0.1, -0.05) is 37.5 Å². The van der Waals surface area contributed by atoms with E-state index in [0.29, 0.717) is 11.7 Å². The Labute approximate surface area is 149 Å². The van der Waals surface area contributed by atoms with Gasteiger partial charge in [-0.15, -0.1) is 0 Å². The third-order valence-electron chi connectivity index (χ3n) is 4.70. The molecular weight excluding hydrogens is 312 g/mol. The number of nitrogens with zero attached hydrogens (tertiary/aromatic N) is 1.